The van der Waals surface area contributed by atoms with E-state index >= 15 is 0 Å². The fraction of sp³-hybridized carbons (Fsp3) is 0. The average molecular weight is 627 g/mol. The van der Waals surface area contributed by atoms with Gasteiger partial charge in [0.15, 0.2) is 0 Å². The maximum atomic E-state index is 5.37. The number of fused-ring (bicyclic) bond motifs is 14. The van der Waals surface area contributed by atoms with Gasteiger partial charge in [-0.05, 0) is 64.0 Å². The second kappa shape index (κ2) is 9.74. The summed E-state index contributed by atoms with van der Waals surface area (Å²) in [6, 6.07) is 57.5. The Hall–Kier alpha value is -6.03. The van der Waals surface area contributed by atoms with Gasteiger partial charge in [0.1, 0.15) is 0 Å². The van der Waals surface area contributed by atoms with Gasteiger partial charge in [0.25, 0.3) is 0 Å². The number of hydrogen-bond donors (Lipinski definition) is 0. The number of pyridine rings is 1. The highest BCUT2D eigenvalue weighted by molar-refractivity contribution is 7.25. The summed E-state index contributed by atoms with van der Waals surface area (Å²) in [5, 5.41) is 13.9. The summed E-state index contributed by atoms with van der Waals surface area (Å²) in [5.41, 5.74) is 6.73. The molecule has 2 nitrogen and oxygen atoms in total. The molecule has 0 radical (unpaired) electrons. The molecule has 0 saturated carbocycles. The van der Waals surface area contributed by atoms with Crippen molar-refractivity contribution in [3.8, 4) is 16.9 Å². The first kappa shape index (κ1) is 26.1. The van der Waals surface area contributed by atoms with E-state index in [0.29, 0.717) is 0 Å². The van der Waals surface area contributed by atoms with Gasteiger partial charge >= 0.3 is 0 Å². The number of hydrogen-bond acceptors (Lipinski definition) is 2. The van der Waals surface area contributed by atoms with Gasteiger partial charge in [0, 0.05) is 58.4 Å². The summed E-state index contributed by atoms with van der Waals surface area (Å²) in [4.78, 5) is 5.37. The van der Waals surface area contributed by atoms with Crippen LogP contribution in [0.5, 0.6) is 0 Å². The molecule has 0 amide bonds. The van der Waals surface area contributed by atoms with Crippen molar-refractivity contribution < 1.29 is 0 Å². The van der Waals surface area contributed by atoms with Crippen molar-refractivity contribution in [1.82, 2.24) is 9.55 Å². The van der Waals surface area contributed by atoms with E-state index < -0.39 is 0 Å². The Labute approximate surface area is 279 Å². The normalized spacial score (nSPS) is 12.2. The zero-order valence-corrected chi connectivity index (χ0v) is 26.6. The molecule has 0 spiro atoms. The second-order valence-corrected chi connectivity index (χ2v) is 13.8. The number of rotatable bonds is 2. The number of nitrogens with zero attached hydrogens (tertiary/aromatic N) is 2. The SMILES string of the molecule is c1ccc2c(c1)nc(-c1ccc(-n3c4ccccc4c4cc5sc6ccccc6c5cc43)cc1)c1c3ccccc3c3ccccc3c21. The summed E-state index contributed by atoms with van der Waals surface area (Å²) < 4.78 is 5.08. The highest BCUT2D eigenvalue weighted by Gasteiger charge is 2.19. The standard InChI is InChI=1S/C45H26N2S/c1-3-15-33-29(11-1)30-12-2-4-16-34(30)44-43(33)35-17-5-8-18-38(35)46-45(44)27-21-23-28(24-22-27)47-39-19-9-6-13-31(39)36-26-42-37(25-40(36)47)32-14-7-10-20-41(32)48-42/h1-26H. The monoisotopic (exact) mass is 626 g/mol. The first-order valence-electron chi connectivity index (χ1n) is 16.4. The molecule has 0 saturated heterocycles. The lowest BCUT2D eigenvalue weighted by Crippen LogP contribution is -1.95. The smallest absolute Gasteiger partial charge is 0.0794 e. The Balaban J connectivity index is 1.19. The van der Waals surface area contributed by atoms with Crippen molar-refractivity contribution in [2.75, 3.05) is 0 Å². The van der Waals surface area contributed by atoms with Gasteiger partial charge in [-0.15, -0.1) is 11.3 Å². The maximum Gasteiger partial charge on any atom is 0.0794 e. The average Bonchev–Trinajstić information content (AvgIpc) is 3.68. The van der Waals surface area contributed by atoms with Crippen LogP contribution in [0.15, 0.2) is 158 Å². The molecule has 0 atom stereocenters. The fourth-order valence-electron chi connectivity index (χ4n) is 8.07. The van der Waals surface area contributed by atoms with Gasteiger partial charge in [-0.25, -0.2) is 4.98 Å². The van der Waals surface area contributed by atoms with E-state index in [1.165, 1.54) is 79.7 Å². The Morgan fingerprint density at radius 1 is 0.396 bits per heavy atom. The number of thiophene rings is 1. The molecule has 0 aliphatic rings. The topological polar surface area (TPSA) is 17.8 Å². The Kier molecular flexibility index (Phi) is 5.29. The largest absolute Gasteiger partial charge is 0.309 e. The molecular formula is C45H26N2S. The zero-order chi connectivity index (χ0) is 31.3. The highest BCUT2D eigenvalue weighted by Crippen LogP contribution is 2.44. The van der Waals surface area contributed by atoms with Gasteiger partial charge in [-0.1, -0.05) is 115 Å². The molecule has 11 rings (SSSR count). The van der Waals surface area contributed by atoms with Crippen LogP contribution in [0.4, 0.5) is 0 Å². The van der Waals surface area contributed by atoms with E-state index in [0.717, 1.165) is 22.5 Å². The third-order valence-corrected chi connectivity index (χ3v) is 11.3. The van der Waals surface area contributed by atoms with Gasteiger partial charge in [0.05, 0.1) is 22.2 Å². The molecule has 0 aliphatic heterocycles. The van der Waals surface area contributed by atoms with Crippen LogP contribution >= 0.6 is 11.3 Å². The van der Waals surface area contributed by atoms with E-state index in [1.807, 2.05) is 11.3 Å². The molecule has 48 heavy (non-hydrogen) atoms. The molecule has 8 aromatic carbocycles. The van der Waals surface area contributed by atoms with Crippen molar-refractivity contribution in [3.63, 3.8) is 0 Å². The first-order chi connectivity index (χ1) is 23.8. The van der Waals surface area contributed by atoms with Crippen LogP contribution in [-0.4, -0.2) is 9.55 Å². The van der Waals surface area contributed by atoms with E-state index in [2.05, 4.69) is 162 Å². The summed E-state index contributed by atoms with van der Waals surface area (Å²) in [5.74, 6) is 0. The van der Waals surface area contributed by atoms with Crippen LogP contribution in [0, 0.1) is 0 Å². The third-order valence-electron chi connectivity index (χ3n) is 10.1. The lowest BCUT2D eigenvalue weighted by atomic mass is 9.90. The lowest BCUT2D eigenvalue weighted by Gasteiger charge is -2.16. The van der Waals surface area contributed by atoms with Crippen molar-refractivity contribution >= 4 is 96.5 Å². The lowest BCUT2D eigenvalue weighted by molar-refractivity contribution is 1.18. The Bertz CT molecular complexity index is 3110. The van der Waals surface area contributed by atoms with Crippen molar-refractivity contribution in [1.29, 1.82) is 0 Å². The molecule has 11 aromatic rings. The summed E-state index contributed by atoms with van der Waals surface area (Å²) in [6.45, 7) is 0. The molecule has 0 fully saturated rings. The molecule has 3 heteroatoms. The predicted molar refractivity (Wildman–Crippen MR) is 207 cm³/mol. The quantitative estimate of drug-likeness (QED) is 0.175. The molecule has 0 bridgehead atoms. The van der Waals surface area contributed by atoms with E-state index in [4.69, 9.17) is 4.98 Å². The van der Waals surface area contributed by atoms with Gasteiger partial charge < -0.3 is 4.57 Å². The maximum absolute atomic E-state index is 5.37. The first-order valence-corrected chi connectivity index (χ1v) is 17.2. The minimum Gasteiger partial charge on any atom is -0.309 e. The van der Waals surface area contributed by atoms with Crippen LogP contribution in [0.1, 0.15) is 0 Å². The molecule has 0 aliphatic carbocycles. The zero-order valence-electron chi connectivity index (χ0n) is 25.8. The molecule has 0 N–H and O–H groups in total. The summed E-state index contributed by atoms with van der Waals surface area (Å²) >= 11 is 1.88. The van der Waals surface area contributed by atoms with E-state index in [-0.39, 0.29) is 0 Å². The highest BCUT2D eigenvalue weighted by atomic mass is 32.1. The van der Waals surface area contributed by atoms with E-state index in [1.54, 1.807) is 0 Å². The van der Waals surface area contributed by atoms with E-state index in [9.17, 15) is 0 Å². The Morgan fingerprint density at radius 3 is 1.77 bits per heavy atom. The Morgan fingerprint density at radius 2 is 1.00 bits per heavy atom. The van der Waals surface area contributed by atoms with Crippen LogP contribution in [0.2, 0.25) is 0 Å². The molecule has 3 heterocycles. The fourth-order valence-corrected chi connectivity index (χ4v) is 9.20. The molecule has 3 aromatic heterocycles. The predicted octanol–water partition coefficient (Wildman–Crippen LogP) is 12.8. The van der Waals surface area contributed by atoms with Crippen molar-refractivity contribution in [2.45, 2.75) is 0 Å². The van der Waals surface area contributed by atoms with Crippen molar-refractivity contribution in [2.24, 2.45) is 0 Å². The number of aromatic nitrogens is 2. The second-order valence-electron chi connectivity index (χ2n) is 12.7. The van der Waals surface area contributed by atoms with Gasteiger partial charge in [-0.2, -0.15) is 0 Å². The van der Waals surface area contributed by atoms with Crippen LogP contribution in [0.3, 0.4) is 0 Å². The third kappa shape index (κ3) is 3.54. The summed E-state index contributed by atoms with van der Waals surface area (Å²) in [7, 11) is 0. The van der Waals surface area contributed by atoms with Crippen LogP contribution in [0.25, 0.3) is 102 Å². The summed E-state index contributed by atoms with van der Waals surface area (Å²) in [6.07, 6.45) is 0. The minimum atomic E-state index is 1.01. The number of benzene rings is 8. The molecular weight excluding hydrogens is 601 g/mol. The van der Waals surface area contributed by atoms with Gasteiger partial charge in [-0.3, -0.25) is 0 Å². The molecule has 222 valence electrons. The van der Waals surface area contributed by atoms with Crippen LogP contribution in [-0.2, 0) is 0 Å². The van der Waals surface area contributed by atoms with Crippen LogP contribution < -0.4 is 0 Å². The van der Waals surface area contributed by atoms with Gasteiger partial charge in [0.2, 0.25) is 0 Å². The molecule has 0 unspecified atom stereocenters. The minimum absolute atomic E-state index is 1.01. The van der Waals surface area contributed by atoms with Crippen molar-refractivity contribution in [3.05, 3.63) is 158 Å². The number of para-hydroxylation sites is 2.